The van der Waals surface area contributed by atoms with Gasteiger partial charge in [0.05, 0.1) is 23.2 Å². The van der Waals surface area contributed by atoms with Gasteiger partial charge in [-0.15, -0.1) is 0 Å². The van der Waals surface area contributed by atoms with Crippen LogP contribution in [-0.2, 0) is 14.1 Å². The number of hydrogen-bond acceptors (Lipinski definition) is 5. The summed E-state index contributed by atoms with van der Waals surface area (Å²) in [6, 6.07) is 1.31. The number of carbonyl (C=O) groups is 1. The Morgan fingerprint density at radius 3 is 2.46 bits per heavy atom. The average Bonchev–Trinajstić information content (AvgIpc) is 2.97. The third kappa shape index (κ3) is 3.23. The van der Waals surface area contributed by atoms with Crippen molar-refractivity contribution in [1.82, 2.24) is 29.6 Å². The van der Waals surface area contributed by atoms with Crippen molar-refractivity contribution in [3.8, 4) is 0 Å². The second-order valence-electron chi connectivity index (χ2n) is 7.27. The molecule has 0 saturated carbocycles. The molecule has 0 aliphatic rings. The van der Waals surface area contributed by atoms with Gasteiger partial charge < -0.3 is 5.32 Å². The monoisotopic (exact) mass is 384 g/mol. The number of rotatable bonds is 4. The molecule has 3 rings (SSSR count). The van der Waals surface area contributed by atoms with Gasteiger partial charge in [-0.2, -0.15) is 5.10 Å². The van der Waals surface area contributed by atoms with Crippen LogP contribution >= 0.6 is 0 Å². The lowest BCUT2D eigenvalue weighted by atomic mass is 10.0. The van der Waals surface area contributed by atoms with Crippen LogP contribution in [0.3, 0.4) is 0 Å². The quantitative estimate of drug-likeness (QED) is 0.703. The smallest absolute Gasteiger partial charge is 0.329 e. The third-order valence-corrected chi connectivity index (χ3v) is 5.01. The number of fused-ring (bicyclic) bond motifs is 1. The molecule has 28 heavy (non-hydrogen) atoms. The maximum absolute atomic E-state index is 13.1. The fourth-order valence-corrected chi connectivity index (χ4v) is 3.12. The van der Waals surface area contributed by atoms with Gasteiger partial charge in [0.1, 0.15) is 5.65 Å². The molecular weight excluding hydrogens is 360 g/mol. The van der Waals surface area contributed by atoms with Gasteiger partial charge in [-0.05, 0) is 25.8 Å². The average molecular weight is 384 g/mol. The lowest BCUT2D eigenvalue weighted by Gasteiger charge is -2.16. The van der Waals surface area contributed by atoms with Crippen LogP contribution in [0.2, 0.25) is 0 Å². The summed E-state index contributed by atoms with van der Waals surface area (Å²) in [5, 5.41) is 7.22. The van der Waals surface area contributed by atoms with Crippen LogP contribution in [0.1, 0.15) is 60.0 Å². The van der Waals surface area contributed by atoms with Crippen LogP contribution in [0.5, 0.6) is 0 Å². The topological polar surface area (TPSA) is 115 Å². The standard InChI is InChI=1S/C19H24N6O3/c1-9(2)14-7-12(15-16(22-14)24(5)19(28)23-18(15)27)17(26)21-10(3)13-8-20-25(6)11(13)4/h7-10H,1-6H3,(H,21,26)(H,23,27,28)/t10-/m1/s1. The molecule has 2 N–H and O–H groups in total. The number of carbonyl (C=O) groups excluding carboxylic acids is 1. The van der Waals surface area contributed by atoms with Crippen molar-refractivity contribution in [2.45, 2.75) is 39.7 Å². The maximum atomic E-state index is 13.1. The molecule has 0 spiro atoms. The number of aromatic nitrogens is 5. The van der Waals surface area contributed by atoms with Crippen molar-refractivity contribution in [3.63, 3.8) is 0 Å². The SMILES string of the molecule is Cc1c([C@@H](C)NC(=O)c2cc(C(C)C)nc3c2c(=O)[nH]c(=O)n3C)cnn1C. The summed E-state index contributed by atoms with van der Waals surface area (Å²) in [5.41, 5.74) is 1.64. The normalized spacial score (nSPS) is 12.5. The van der Waals surface area contributed by atoms with Gasteiger partial charge in [-0.1, -0.05) is 13.8 Å². The Labute approximate surface area is 161 Å². The van der Waals surface area contributed by atoms with Crippen molar-refractivity contribution in [2.24, 2.45) is 14.1 Å². The van der Waals surface area contributed by atoms with E-state index in [2.05, 4.69) is 20.4 Å². The molecule has 0 saturated heterocycles. The van der Waals surface area contributed by atoms with Crippen LogP contribution < -0.4 is 16.6 Å². The van der Waals surface area contributed by atoms with Gasteiger partial charge in [-0.25, -0.2) is 9.78 Å². The minimum absolute atomic E-state index is 0.0170. The van der Waals surface area contributed by atoms with E-state index in [4.69, 9.17) is 0 Å². The van der Waals surface area contributed by atoms with Crippen LogP contribution in [0.15, 0.2) is 21.9 Å². The maximum Gasteiger partial charge on any atom is 0.329 e. The first kappa shape index (κ1) is 19.5. The van der Waals surface area contributed by atoms with Gasteiger partial charge in [0.15, 0.2) is 0 Å². The third-order valence-electron chi connectivity index (χ3n) is 5.01. The van der Waals surface area contributed by atoms with E-state index in [1.807, 2.05) is 34.7 Å². The lowest BCUT2D eigenvalue weighted by Crippen LogP contribution is -2.33. The predicted octanol–water partition coefficient (Wildman–Crippen LogP) is 1.28. The van der Waals surface area contributed by atoms with Crippen molar-refractivity contribution in [3.05, 3.63) is 55.6 Å². The highest BCUT2D eigenvalue weighted by Gasteiger charge is 2.22. The highest BCUT2D eigenvalue weighted by atomic mass is 16.2. The van der Waals surface area contributed by atoms with Crippen molar-refractivity contribution in [1.29, 1.82) is 0 Å². The number of aromatic amines is 1. The second kappa shape index (κ2) is 7.06. The molecule has 0 aliphatic carbocycles. The zero-order chi connectivity index (χ0) is 20.7. The molecule has 1 atom stereocenters. The van der Waals surface area contributed by atoms with Crippen molar-refractivity contribution < 1.29 is 4.79 Å². The molecule has 0 radical (unpaired) electrons. The highest BCUT2D eigenvalue weighted by molar-refractivity contribution is 6.05. The van der Waals surface area contributed by atoms with E-state index in [-0.39, 0.29) is 28.6 Å². The number of amides is 1. The van der Waals surface area contributed by atoms with E-state index in [1.165, 1.54) is 11.6 Å². The minimum Gasteiger partial charge on any atom is -0.345 e. The predicted molar refractivity (Wildman–Crippen MR) is 106 cm³/mol. The van der Waals surface area contributed by atoms with Crippen LogP contribution in [0.25, 0.3) is 11.0 Å². The molecule has 1 amide bonds. The summed E-state index contributed by atoms with van der Waals surface area (Å²) in [4.78, 5) is 44.2. The fourth-order valence-electron chi connectivity index (χ4n) is 3.12. The zero-order valence-electron chi connectivity index (χ0n) is 16.8. The van der Waals surface area contributed by atoms with Gasteiger partial charge in [-0.3, -0.25) is 23.8 Å². The Hall–Kier alpha value is -3.23. The Morgan fingerprint density at radius 2 is 1.89 bits per heavy atom. The van der Waals surface area contributed by atoms with Gasteiger partial charge in [0.2, 0.25) is 0 Å². The molecule has 0 aromatic carbocycles. The molecule has 0 unspecified atom stereocenters. The van der Waals surface area contributed by atoms with Crippen molar-refractivity contribution in [2.75, 3.05) is 0 Å². The van der Waals surface area contributed by atoms with Crippen LogP contribution in [0.4, 0.5) is 0 Å². The van der Waals surface area contributed by atoms with Gasteiger partial charge >= 0.3 is 5.69 Å². The summed E-state index contributed by atoms with van der Waals surface area (Å²) >= 11 is 0. The Bertz CT molecular complexity index is 1180. The van der Waals surface area contributed by atoms with Gasteiger partial charge in [0.25, 0.3) is 11.5 Å². The Morgan fingerprint density at radius 1 is 1.21 bits per heavy atom. The van der Waals surface area contributed by atoms with E-state index >= 15 is 0 Å². The molecule has 9 heteroatoms. The summed E-state index contributed by atoms with van der Waals surface area (Å²) in [5.74, 6) is -0.391. The van der Waals surface area contributed by atoms with Gasteiger partial charge in [0, 0.05) is 31.0 Å². The molecule has 0 bridgehead atoms. The molecule has 148 valence electrons. The molecular formula is C19H24N6O3. The number of nitrogens with zero attached hydrogens (tertiary/aromatic N) is 4. The molecule has 3 aromatic rings. The summed E-state index contributed by atoms with van der Waals surface area (Å²) in [6.45, 7) is 7.64. The van der Waals surface area contributed by atoms with E-state index < -0.39 is 17.2 Å². The molecule has 3 aromatic heterocycles. The number of nitrogens with one attached hydrogen (secondary N) is 2. The number of H-pyrrole nitrogens is 1. The first-order valence-corrected chi connectivity index (χ1v) is 9.05. The highest BCUT2D eigenvalue weighted by Crippen LogP contribution is 2.21. The Balaban J connectivity index is 2.14. The first-order valence-electron chi connectivity index (χ1n) is 9.05. The Kier molecular flexibility index (Phi) is 4.93. The number of aryl methyl sites for hydroxylation is 2. The lowest BCUT2D eigenvalue weighted by molar-refractivity contribution is 0.0941. The largest absolute Gasteiger partial charge is 0.345 e. The van der Waals surface area contributed by atoms with E-state index in [9.17, 15) is 14.4 Å². The number of hydrogen-bond donors (Lipinski definition) is 2. The summed E-state index contributed by atoms with van der Waals surface area (Å²) in [7, 11) is 3.35. The summed E-state index contributed by atoms with van der Waals surface area (Å²) < 4.78 is 2.98. The molecule has 0 fully saturated rings. The zero-order valence-corrected chi connectivity index (χ0v) is 16.8. The van der Waals surface area contributed by atoms with E-state index in [0.29, 0.717) is 5.69 Å². The van der Waals surface area contributed by atoms with E-state index in [1.54, 1.807) is 16.9 Å². The molecule has 3 heterocycles. The number of pyridine rings is 1. The first-order chi connectivity index (χ1) is 13.1. The second-order valence-corrected chi connectivity index (χ2v) is 7.27. The van der Waals surface area contributed by atoms with Crippen LogP contribution in [-0.4, -0.2) is 30.2 Å². The fraction of sp³-hybridized carbons (Fsp3) is 0.421. The van der Waals surface area contributed by atoms with Crippen LogP contribution in [0, 0.1) is 6.92 Å². The van der Waals surface area contributed by atoms with Crippen molar-refractivity contribution >= 4 is 16.9 Å². The minimum atomic E-state index is -0.628. The summed E-state index contributed by atoms with van der Waals surface area (Å²) in [6.07, 6.45) is 1.71. The van der Waals surface area contributed by atoms with E-state index in [0.717, 1.165) is 11.3 Å². The molecule has 9 nitrogen and oxygen atoms in total. The molecule has 0 aliphatic heterocycles.